The van der Waals surface area contributed by atoms with Crippen LogP contribution in [0, 0.1) is 0 Å². The van der Waals surface area contributed by atoms with E-state index in [1.54, 1.807) is 18.2 Å². The Bertz CT molecular complexity index is 360. The van der Waals surface area contributed by atoms with Crippen molar-refractivity contribution in [2.45, 2.75) is 0 Å². The van der Waals surface area contributed by atoms with E-state index in [-0.39, 0.29) is 5.76 Å². The van der Waals surface area contributed by atoms with Crippen LogP contribution in [-0.4, -0.2) is 25.6 Å². The van der Waals surface area contributed by atoms with Crippen molar-refractivity contribution in [3.05, 3.63) is 29.5 Å². The van der Waals surface area contributed by atoms with Gasteiger partial charge in [0.05, 0.1) is 14.2 Å². The van der Waals surface area contributed by atoms with Crippen molar-refractivity contribution in [2.75, 3.05) is 14.2 Å². The van der Waals surface area contributed by atoms with Crippen LogP contribution in [0.4, 0.5) is 0 Å². The Morgan fingerprint density at radius 1 is 1.20 bits per heavy atom. The van der Waals surface area contributed by atoms with E-state index >= 15 is 0 Å². The van der Waals surface area contributed by atoms with Crippen molar-refractivity contribution in [3.8, 4) is 11.5 Å². The lowest BCUT2D eigenvalue weighted by Gasteiger charge is -2.05. The highest BCUT2D eigenvalue weighted by molar-refractivity contribution is 5.78. The maximum absolute atomic E-state index is 10.2. The lowest BCUT2D eigenvalue weighted by atomic mass is 10.2. The van der Waals surface area contributed by atoms with Crippen LogP contribution in [0.2, 0.25) is 0 Å². The Kier molecular flexibility index (Phi) is 3.74. The minimum absolute atomic E-state index is 0.342. The lowest BCUT2D eigenvalue weighted by Crippen LogP contribution is -1.89. The molecule has 0 saturated carbocycles. The Balaban J connectivity index is 3.12. The van der Waals surface area contributed by atoms with E-state index in [1.807, 2.05) is 0 Å². The van der Waals surface area contributed by atoms with Crippen LogP contribution >= 0.6 is 0 Å². The first-order chi connectivity index (χ1) is 7.19. The van der Waals surface area contributed by atoms with Gasteiger partial charge in [-0.3, -0.25) is 4.79 Å². The topological polar surface area (TPSA) is 55.8 Å². The van der Waals surface area contributed by atoms with Gasteiger partial charge in [0.1, 0.15) is 11.5 Å². The summed E-state index contributed by atoms with van der Waals surface area (Å²) in [6.07, 6.45) is 1.70. The summed E-state index contributed by atoms with van der Waals surface area (Å²) in [5, 5.41) is 9.05. The van der Waals surface area contributed by atoms with Gasteiger partial charge in [-0.25, -0.2) is 0 Å². The van der Waals surface area contributed by atoms with Crippen molar-refractivity contribution in [3.63, 3.8) is 0 Å². The molecule has 0 aliphatic carbocycles. The number of aldehydes is 1. The zero-order valence-corrected chi connectivity index (χ0v) is 8.56. The second-order valence-corrected chi connectivity index (χ2v) is 2.83. The second kappa shape index (κ2) is 5.05. The maximum Gasteiger partial charge on any atom is 0.184 e. The van der Waals surface area contributed by atoms with Gasteiger partial charge in [-0.1, -0.05) is 0 Å². The number of aliphatic hydroxyl groups is 1. The summed E-state index contributed by atoms with van der Waals surface area (Å²) >= 11 is 0. The Morgan fingerprint density at radius 3 is 2.13 bits per heavy atom. The molecule has 0 aliphatic heterocycles. The number of allylic oxidation sites excluding steroid dienone is 1. The molecule has 0 amide bonds. The number of hydrogen-bond donors (Lipinski definition) is 1. The Labute approximate surface area is 87.7 Å². The molecule has 0 unspecified atom stereocenters. The van der Waals surface area contributed by atoms with Crippen molar-refractivity contribution >= 4 is 12.4 Å². The van der Waals surface area contributed by atoms with Gasteiger partial charge in [0, 0.05) is 6.07 Å². The number of rotatable bonds is 4. The smallest absolute Gasteiger partial charge is 0.184 e. The normalized spacial score (nSPS) is 10.9. The quantitative estimate of drug-likeness (QED) is 0.465. The van der Waals surface area contributed by atoms with Gasteiger partial charge in [-0.15, -0.1) is 0 Å². The largest absolute Gasteiger partial charge is 0.505 e. The van der Waals surface area contributed by atoms with Crippen LogP contribution < -0.4 is 9.47 Å². The molecule has 1 aromatic rings. The average Bonchev–Trinajstić information content (AvgIpc) is 2.28. The molecule has 1 aromatic carbocycles. The third kappa shape index (κ3) is 3.02. The zero-order chi connectivity index (χ0) is 11.3. The fourth-order valence-corrected chi connectivity index (χ4v) is 1.12. The number of ether oxygens (including phenoxy) is 2. The number of methoxy groups -OCH3 is 2. The maximum atomic E-state index is 10.2. The van der Waals surface area contributed by atoms with Gasteiger partial charge in [0.25, 0.3) is 0 Å². The number of hydrogen-bond acceptors (Lipinski definition) is 4. The Morgan fingerprint density at radius 2 is 1.73 bits per heavy atom. The summed E-state index contributed by atoms with van der Waals surface area (Å²) in [5.41, 5.74) is 0.635. The summed E-state index contributed by atoms with van der Waals surface area (Å²) in [6.45, 7) is 0. The Hall–Kier alpha value is -1.97. The highest BCUT2D eigenvalue weighted by Gasteiger charge is 2.00. The first kappa shape index (κ1) is 11.1. The van der Waals surface area contributed by atoms with E-state index in [9.17, 15) is 4.79 Å². The molecule has 0 spiro atoms. The third-order valence-corrected chi connectivity index (χ3v) is 1.81. The van der Waals surface area contributed by atoms with Gasteiger partial charge < -0.3 is 14.6 Å². The van der Waals surface area contributed by atoms with Gasteiger partial charge >= 0.3 is 0 Å². The minimum atomic E-state index is -0.342. The molecule has 4 nitrogen and oxygen atoms in total. The molecule has 80 valence electrons. The summed E-state index contributed by atoms with van der Waals surface area (Å²) in [5.74, 6) is 0.851. The molecule has 0 atom stereocenters. The summed E-state index contributed by atoms with van der Waals surface area (Å²) in [6, 6.07) is 5.07. The zero-order valence-electron chi connectivity index (χ0n) is 8.56. The molecular weight excluding hydrogens is 196 g/mol. The molecule has 15 heavy (non-hydrogen) atoms. The molecule has 0 radical (unpaired) electrons. The summed E-state index contributed by atoms with van der Waals surface area (Å²) in [7, 11) is 3.06. The van der Waals surface area contributed by atoms with Crippen molar-refractivity contribution in [2.24, 2.45) is 0 Å². The van der Waals surface area contributed by atoms with Crippen LogP contribution in [0.5, 0.6) is 11.5 Å². The highest BCUT2D eigenvalue weighted by Crippen LogP contribution is 2.23. The highest BCUT2D eigenvalue weighted by atomic mass is 16.5. The standard InChI is InChI=1S/C11H12O4/c1-14-10-4-8(3-9(13)7-12)5-11(6-10)15-2/h3-7,13H,1-2H3. The third-order valence-electron chi connectivity index (χ3n) is 1.81. The van der Waals surface area contributed by atoms with E-state index in [0.717, 1.165) is 0 Å². The predicted octanol–water partition coefficient (Wildman–Crippen LogP) is 1.80. The predicted molar refractivity (Wildman–Crippen MR) is 56.2 cm³/mol. The van der Waals surface area contributed by atoms with Crippen molar-refractivity contribution in [1.82, 2.24) is 0 Å². The second-order valence-electron chi connectivity index (χ2n) is 2.83. The first-order valence-corrected chi connectivity index (χ1v) is 4.28. The van der Waals surface area contributed by atoms with E-state index < -0.39 is 0 Å². The van der Waals surface area contributed by atoms with E-state index in [2.05, 4.69) is 0 Å². The molecule has 0 saturated heterocycles. The van der Waals surface area contributed by atoms with Crippen LogP contribution in [0.25, 0.3) is 6.08 Å². The van der Waals surface area contributed by atoms with Crippen molar-refractivity contribution < 1.29 is 19.4 Å². The SMILES string of the molecule is COc1cc(C=C(O)C=O)cc(OC)c1. The molecule has 0 heterocycles. The minimum Gasteiger partial charge on any atom is -0.505 e. The number of benzene rings is 1. The van der Waals surface area contributed by atoms with E-state index in [4.69, 9.17) is 14.6 Å². The molecule has 1 rings (SSSR count). The molecule has 0 fully saturated rings. The van der Waals surface area contributed by atoms with E-state index in [1.165, 1.54) is 20.3 Å². The average molecular weight is 208 g/mol. The molecule has 1 N–H and O–H groups in total. The first-order valence-electron chi connectivity index (χ1n) is 4.28. The molecule has 4 heteroatoms. The molecule has 0 bridgehead atoms. The van der Waals surface area contributed by atoms with Gasteiger partial charge in [0.2, 0.25) is 0 Å². The van der Waals surface area contributed by atoms with Gasteiger partial charge in [0.15, 0.2) is 12.0 Å². The van der Waals surface area contributed by atoms with Gasteiger partial charge in [-0.2, -0.15) is 0 Å². The summed E-state index contributed by atoms with van der Waals surface area (Å²) in [4.78, 5) is 10.2. The fourth-order valence-electron chi connectivity index (χ4n) is 1.12. The van der Waals surface area contributed by atoms with E-state index in [0.29, 0.717) is 23.3 Å². The monoisotopic (exact) mass is 208 g/mol. The van der Waals surface area contributed by atoms with Crippen LogP contribution in [0.15, 0.2) is 24.0 Å². The molecule has 0 aliphatic rings. The summed E-state index contributed by atoms with van der Waals surface area (Å²) < 4.78 is 10.1. The van der Waals surface area contributed by atoms with Gasteiger partial charge in [-0.05, 0) is 23.8 Å². The fraction of sp³-hybridized carbons (Fsp3) is 0.182. The number of carbonyl (C=O) groups is 1. The van der Waals surface area contributed by atoms with Crippen LogP contribution in [-0.2, 0) is 4.79 Å². The number of aliphatic hydroxyl groups excluding tert-OH is 1. The van der Waals surface area contributed by atoms with Crippen molar-refractivity contribution in [1.29, 1.82) is 0 Å². The number of carbonyl (C=O) groups excluding carboxylic acids is 1. The molecular formula is C11H12O4. The van der Waals surface area contributed by atoms with Crippen LogP contribution in [0.3, 0.4) is 0 Å². The lowest BCUT2D eigenvalue weighted by molar-refractivity contribution is -0.106. The van der Waals surface area contributed by atoms with Crippen LogP contribution in [0.1, 0.15) is 5.56 Å². The molecule has 0 aromatic heterocycles.